The first kappa shape index (κ1) is 23.1. The third-order valence-corrected chi connectivity index (χ3v) is 6.64. The number of ether oxygens (including phenoxy) is 1. The summed E-state index contributed by atoms with van der Waals surface area (Å²) in [5, 5.41) is 11.1. The number of aliphatic carboxylic acids is 1. The van der Waals surface area contributed by atoms with Crippen LogP contribution in [0.2, 0.25) is 0 Å². The maximum Gasteiger partial charge on any atom is 0.325 e. The van der Waals surface area contributed by atoms with Gasteiger partial charge >= 0.3 is 5.97 Å². The largest absolute Gasteiger partial charge is 0.489 e. The van der Waals surface area contributed by atoms with Crippen LogP contribution in [-0.4, -0.2) is 63.6 Å². The monoisotopic (exact) mass is 470 g/mol. The number of pyridine rings is 1. The Morgan fingerprint density at radius 3 is 2.57 bits per heavy atom. The average molecular weight is 471 g/mol. The van der Waals surface area contributed by atoms with Gasteiger partial charge in [-0.1, -0.05) is 36.4 Å². The molecule has 180 valence electrons. The first-order chi connectivity index (χ1) is 17.2. The van der Waals surface area contributed by atoms with E-state index in [1.807, 2.05) is 79.1 Å². The molecule has 1 saturated heterocycles. The minimum atomic E-state index is -0.830. The number of benzene rings is 2. The van der Waals surface area contributed by atoms with Gasteiger partial charge in [-0.2, -0.15) is 0 Å². The first-order valence-electron chi connectivity index (χ1n) is 12.0. The van der Waals surface area contributed by atoms with E-state index in [4.69, 9.17) is 4.74 Å². The number of nitrogens with one attached hydrogen (secondary N) is 1. The molecule has 1 aliphatic heterocycles. The van der Waals surface area contributed by atoms with Gasteiger partial charge in [0.05, 0.1) is 0 Å². The van der Waals surface area contributed by atoms with Crippen molar-refractivity contribution in [2.75, 3.05) is 32.7 Å². The zero-order valence-corrected chi connectivity index (χ0v) is 19.6. The van der Waals surface area contributed by atoms with Crippen LogP contribution in [0.15, 0.2) is 79.1 Å². The van der Waals surface area contributed by atoms with Crippen LogP contribution in [-0.2, 0) is 17.8 Å². The highest BCUT2D eigenvalue weighted by molar-refractivity contribution is 5.90. The predicted octanol–water partition coefficient (Wildman–Crippen LogP) is 4.13. The van der Waals surface area contributed by atoms with Crippen LogP contribution in [0.1, 0.15) is 22.9 Å². The van der Waals surface area contributed by atoms with Crippen molar-refractivity contribution in [1.29, 1.82) is 0 Å². The molecule has 0 radical (unpaired) electrons. The molecule has 35 heavy (non-hydrogen) atoms. The maximum atomic E-state index is 12.4. The number of aromatic nitrogens is 2. The lowest BCUT2D eigenvalue weighted by atomic mass is 10.0. The smallest absolute Gasteiger partial charge is 0.325 e. The highest BCUT2D eigenvalue weighted by Crippen LogP contribution is 2.32. The van der Waals surface area contributed by atoms with E-state index in [0.717, 1.165) is 59.5 Å². The minimum Gasteiger partial charge on any atom is -0.489 e. The van der Waals surface area contributed by atoms with Crippen molar-refractivity contribution < 1.29 is 14.6 Å². The number of aromatic amines is 1. The van der Waals surface area contributed by atoms with Crippen LogP contribution < -0.4 is 4.74 Å². The molecule has 1 fully saturated rings. The van der Waals surface area contributed by atoms with E-state index in [1.165, 1.54) is 0 Å². The second-order valence-electron chi connectivity index (χ2n) is 8.92. The van der Waals surface area contributed by atoms with Gasteiger partial charge in [-0.15, -0.1) is 0 Å². The van der Waals surface area contributed by atoms with Crippen LogP contribution in [0, 0.1) is 0 Å². The van der Waals surface area contributed by atoms with Gasteiger partial charge in [0.1, 0.15) is 18.4 Å². The summed E-state index contributed by atoms with van der Waals surface area (Å²) in [6, 6.07) is 21.1. The summed E-state index contributed by atoms with van der Waals surface area (Å²) in [7, 11) is 0. The Labute approximate surface area is 205 Å². The topological polar surface area (TPSA) is 81.7 Å². The predicted molar refractivity (Wildman–Crippen MR) is 135 cm³/mol. The standard InChI is InChI=1S/C28H30N4O3/c33-28(34)27(32-16-14-31(15-17-32)13-11-22-8-4-5-12-29-22)25-19-30-26-10-9-23(18-24(25)26)35-20-21-6-2-1-3-7-21/h1-10,12,18-19,27,30H,11,13-17,20H2,(H,33,34)/t27-/m1/s1. The second kappa shape index (κ2) is 10.7. The molecule has 0 saturated carbocycles. The summed E-state index contributed by atoms with van der Waals surface area (Å²) in [6.07, 6.45) is 4.55. The summed E-state index contributed by atoms with van der Waals surface area (Å²) in [5.41, 5.74) is 3.86. The third kappa shape index (κ3) is 5.53. The summed E-state index contributed by atoms with van der Waals surface area (Å²) in [6.45, 7) is 4.48. The Morgan fingerprint density at radius 1 is 1.03 bits per heavy atom. The molecule has 0 unspecified atom stereocenters. The number of nitrogens with zero attached hydrogens (tertiary/aromatic N) is 3. The highest BCUT2D eigenvalue weighted by Gasteiger charge is 2.32. The SMILES string of the molecule is O=C(O)[C@@H](c1c[nH]c2ccc(OCc3ccccc3)cc12)N1CCN(CCc2ccccn2)CC1. The number of rotatable bonds is 9. The Kier molecular flexibility index (Phi) is 7.07. The van der Waals surface area contributed by atoms with Crippen molar-refractivity contribution in [2.45, 2.75) is 19.1 Å². The number of hydrogen-bond acceptors (Lipinski definition) is 5. The summed E-state index contributed by atoms with van der Waals surface area (Å²) < 4.78 is 6.00. The summed E-state index contributed by atoms with van der Waals surface area (Å²) >= 11 is 0. The molecule has 1 aliphatic rings. The van der Waals surface area contributed by atoms with Gasteiger partial charge in [-0.3, -0.25) is 14.7 Å². The lowest BCUT2D eigenvalue weighted by Crippen LogP contribution is -2.49. The minimum absolute atomic E-state index is 0.467. The summed E-state index contributed by atoms with van der Waals surface area (Å²) in [4.78, 5) is 24.5. The molecule has 2 N–H and O–H groups in total. The third-order valence-electron chi connectivity index (χ3n) is 6.64. The van der Waals surface area contributed by atoms with Crippen LogP contribution in [0.4, 0.5) is 0 Å². The summed E-state index contributed by atoms with van der Waals surface area (Å²) in [5.74, 6) is -0.103. The molecule has 0 amide bonds. The van der Waals surface area contributed by atoms with E-state index >= 15 is 0 Å². The maximum absolute atomic E-state index is 12.4. The fraction of sp³-hybridized carbons (Fsp3) is 0.286. The molecule has 0 bridgehead atoms. The molecular weight excluding hydrogens is 440 g/mol. The molecule has 1 atom stereocenters. The van der Waals surface area contributed by atoms with E-state index in [0.29, 0.717) is 19.7 Å². The van der Waals surface area contributed by atoms with E-state index in [2.05, 4.69) is 19.8 Å². The van der Waals surface area contributed by atoms with Gasteiger partial charge in [-0.25, -0.2) is 0 Å². The van der Waals surface area contributed by atoms with E-state index in [1.54, 1.807) is 0 Å². The van der Waals surface area contributed by atoms with E-state index < -0.39 is 12.0 Å². The second-order valence-corrected chi connectivity index (χ2v) is 8.92. The Hall–Kier alpha value is -3.68. The van der Waals surface area contributed by atoms with E-state index in [-0.39, 0.29) is 0 Å². The molecule has 7 nitrogen and oxygen atoms in total. The van der Waals surface area contributed by atoms with Gasteiger partial charge in [0.15, 0.2) is 0 Å². The number of H-pyrrole nitrogens is 1. The van der Waals surface area contributed by atoms with Crippen LogP contribution in [0.3, 0.4) is 0 Å². The molecule has 3 heterocycles. The first-order valence-corrected chi connectivity index (χ1v) is 12.0. The van der Waals surface area contributed by atoms with Crippen LogP contribution >= 0.6 is 0 Å². The van der Waals surface area contributed by atoms with Crippen LogP contribution in [0.5, 0.6) is 5.75 Å². The molecule has 2 aromatic heterocycles. The molecule has 0 spiro atoms. The Balaban J connectivity index is 1.26. The molecule has 4 aromatic rings. The quantitative estimate of drug-likeness (QED) is 0.383. The van der Waals surface area contributed by atoms with Crippen molar-refractivity contribution in [3.05, 3.63) is 95.9 Å². The molecule has 0 aliphatic carbocycles. The molecule has 5 rings (SSSR count). The number of carbonyl (C=O) groups is 1. The molecule has 7 heteroatoms. The van der Waals surface area contributed by atoms with Crippen molar-refractivity contribution in [3.8, 4) is 5.75 Å². The van der Waals surface area contributed by atoms with Gasteiger partial charge in [0.25, 0.3) is 0 Å². The molecular formula is C28H30N4O3. The van der Waals surface area contributed by atoms with Gasteiger partial charge in [0.2, 0.25) is 0 Å². The number of carboxylic acid groups (broad SMARTS) is 1. The highest BCUT2D eigenvalue weighted by atomic mass is 16.5. The van der Waals surface area contributed by atoms with Crippen molar-refractivity contribution in [1.82, 2.24) is 19.8 Å². The van der Waals surface area contributed by atoms with Crippen molar-refractivity contribution in [3.63, 3.8) is 0 Å². The average Bonchev–Trinajstić information content (AvgIpc) is 3.31. The fourth-order valence-corrected chi connectivity index (χ4v) is 4.73. The van der Waals surface area contributed by atoms with Gasteiger partial charge in [-0.05, 0) is 35.9 Å². The van der Waals surface area contributed by atoms with Gasteiger partial charge < -0.3 is 19.7 Å². The molecule has 2 aromatic carbocycles. The van der Waals surface area contributed by atoms with Crippen molar-refractivity contribution >= 4 is 16.9 Å². The van der Waals surface area contributed by atoms with Crippen LogP contribution in [0.25, 0.3) is 10.9 Å². The van der Waals surface area contributed by atoms with E-state index in [9.17, 15) is 9.90 Å². The number of piperazine rings is 1. The van der Waals surface area contributed by atoms with Crippen molar-refractivity contribution in [2.24, 2.45) is 0 Å². The zero-order chi connectivity index (χ0) is 24.0. The fourth-order valence-electron chi connectivity index (χ4n) is 4.73. The normalized spacial score (nSPS) is 15.8. The van der Waals surface area contributed by atoms with Gasteiger partial charge in [0, 0.05) is 73.7 Å². The number of carboxylic acids is 1. The Bertz CT molecular complexity index is 1250. The lowest BCUT2D eigenvalue weighted by molar-refractivity contribution is -0.144. The zero-order valence-electron chi connectivity index (χ0n) is 19.6. The number of hydrogen-bond donors (Lipinski definition) is 2. The lowest BCUT2D eigenvalue weighted by Gasteiger charge is -2.37. The Morgan fingerprint density at radius 2 is 1.83 bits per heavy atom. The number of fused-ring (bicyclic) bond motifs is 1.